The summed E-state index contributed by atoms with van der Waals surface area (Å²) in [6.45, 7) is 2.23. The Bertz CT molecular complexity index is 684. The summed E-state index contributed by atoms with van der Waals surface area (Å²) >= 11 is 0. The standard InChI is InChI=1S/C19H24N2O/c1-2-3-4-5-6-14-9-16(11-17(22)10-14)15-7-8-18-19(12-15)21-13-20-18/h7-8,10,12-13,16H,2-6,9,11H2,1H3,(H,20,21). The Morgan fingerprint density at radius 2 is 2.14 bits per heavy atom. The summed E-state index contributed by atoms with van der Waals surface area (Å²) in [5, 5.41) is 0. The van der Waals surface area contributed by atoms with Crippen LogP contribution in [0.3, 0.4) is 0 Å². The molecule has 0 radical (unpaired) electrons. The Labute approximate surface area is 131 Å². The number of hydrogen-bond acceptors (Lipinski definition) is 2. The normalized spacial score (nSPS) is 18.7. The SMILES string of the molecule is CCCCCCC1=CC(=O)CC(c2ccc3[nH]cnc3c2)C1. The van der Waals surface area contributed by atoms with E-state index < -0.39 is 0 Å². The average Bonchev–Trinajstić information content (AvgIpc) is 2.98. The summed E-state index contributed by atoms with van der Waals surface area (Å²) in [6, 6.07) is 6.34. The van der Waals surface area contributed by atoms with E-state index >= 15 is 0 Å². The van der Waals surface area contributed by atoms with Gasteiger partial charge in [0.15, 0.2) is 5.78 Å². The molecule has 1 heterocycles. The molecule has 1 atom stereocenters. The van der Waals surface area contributed by atoms with Crippen molar-refractivity contribution in [1.82, 2.24) is 9.97 Å². The van der Waals surface area contributed by atoms with Crippen molar-refractivity contribution in [1.29, 1.82) is 0 Å². The zero-order chi connectivity index (χ0) is 15.4. The van der Waals surface area contributed by atoms with Crippen LogP contribution < -0.4 is 0 Å². The third-order valence-electron chi connectivity index (χ3n) is 4.59. The second-order valence-corrected chi connectivity index (χ2v) is 6.36. The fourth-order valence-corrected chi connectivity index (χ4v) is 3.37. The lowest BCUT2D eigenvalue weighted by atomic mass is 9.81. The second-order valence-electron chi connectivity index (χ2n) is 6.36. The zero-order valence-corrected chi connectivity index (χ0v) is 13.3. The van der Waals surface area contributed by atoms with Crippen LogP contribution in [0, 0.1) is 0 Å². The molecule has 1 aliphatic carbocycles. The minimum Gasteiger partial charge on any atom is -0.345 e. The van der Waals surface area contributed by atoms with Crippen LogP contribution in [0.5, 0.6) is 0 Å². The Kier molecular flexibility index (Phi) is 4.71. The molecule has 3 rings (SSSR count). The van der Waals surface area contributed by atoms with Crippen LogP contribution in [-0.4, -0.2) is 15.8 Å². The first kappa shape index (κ1) is 15.0. The molecule has 0 bridgehead atoms. The number of ketones is 1. The molecule has 1 unspecified atom stereocenters. The minimum atomic E-state index is 0.281. The van der Waals surface area contributed by atoms with Gasteiger partial charge in [-0.05, 0) is 49.0 Å². The lowest BCUT2D eigenvalue weighted by molar-refractivity contribution is -0.115. The van der Waals surface area contributed by atoms with Gasteiger partial charge in [-0.25, -0.2) is 4.98 Å². The minimum absolute atomic E-state index is 0.281. The fourth-order valence-electron chi connectivity index (χ4n) is 3.37. The maximum absolute atomic E-state index is 12.1. The average molecular weight is 296 g/mol. The second kappa shape index (κ2) is 6.91. The molecule has 1 aromatic heterocycles. The highest BCUT2D eigenvalue weighted by Crippen LogP contribution is 2.34. The van der Waals surface area contributed by atoms with E-state index in [0.29, 0.717) is 12.3 Å². The number of aromatic amines is 1. The van der Waals surface area contributed by atoms with Gasteiger partial charge in [0.1, 0.15) is 0 Å². The van der Waals surface area contributed by atoms with Crippen LogP contribution in [-0.2, 0) is 4.79 Å². The number of unbranched alkanes of at least 4 members (excludes halogenated alkanes) is 3. The molecule has 116 valence electrons. The first-order chi connectivity index (χ1) is 10.8. The van der Waals surface area contributed by atoms with Crippen molar-refractivity contribution in [3.05, 3.63) is 41.7 Å². The van der Waals surface area contributed by atoms with Crippen molar-refractivity contribution in [3.8, 4) is 0 Å². The number of hydrogen-bond donors (Lipinski definition) is 1. The van der Waals surface area contributed by atoms with E-state index in [2.05, 4.69) is 35.1 Å². The van der Waals surface area contributed by atoms with Gasteiger partial charge in [0.2, 0.25) is 0 Å². The summed E-state index contributed by atoms with van der Waals surface area (Å²) in [5.41, 5.74) is 4.62. The predicted molar refractivity (Wildman–Crippen MR) is 89.9 cm³/mol. The molecule has 1 N–H and O–H groups in total. The highest BCUT2D eigenvalue weighted by molar-refractivity contribution is 5.92. The molecule has 3 nitrogen and oxygen atoms in total. The Morgan fingerprint density at radius 3 is 3.00 bits per heavy atom. The van der Waals surface area contributed by atoms with Gasteiger partial charge < -0.3 is 4.98 Å². The van der Waals surface area contributed by atoms with Crippen LogP contribution in [0.1, 0.15) is 63.4 Å². The van der Waals surface area contributed by atoms with E-state index in [4.69, 9.17) is 0 Å². The zero-order valence-electron chi connectivity index (χ0n) is 13.3. The molecule has 22 heavy (non-hydrogen) atoms. The fraction of sp³-hybridized carbons (Fsp3) is 0.474. The van der Waals surface area contributed by atoms with Gasteiger partial charge in [-0.2, -0.15) is 0 Å². The van der Waals surface area contributed by atoms with Gasteiger partial charge in [-0.3, -0.25) is 4.79 Å². The number of carbonyl (C=O) groups is 1. The highest BCUT2D eigenvalue weighted by atomic mass is 16.1. The largest absolute Gasteiger partial charge is 0.345 e. The van der Waals surface area contributed by atoms with Crippen LogP contribution in [0.15, 0.2) is 36.2 Å². The molecule has 0 amide bonds. The molecule has 0 saturated carbocycles. The van der Waals surface area contributed by atoms with Gasteiger partial charge in [0.05, 0.1) is 17.4 Å². The number of aromatic nitrogens is 2. The monoisotopic (exact) mass is 296 g/mol. The molecule has 0 saturated heterocycles. The van der Waals surface area contributed by atoms with Crippen LogP contribution in [0.4, 0.5) is 0 Å². The highest BCUT2D eigenvalue weighted by Gasteiger charge is 2.22. The molecule has 3 heteroatoms. The number of allylic oxidation sites excluding steroid dienone is 2. The van der Waals surface area contributed by atoms with E-state index in [1.54, 1.807) is 6.33 Å². The maximum Gasteiger partial charge on any atom is 0.156 e. The molecular weight excluding hydrogens is 272 g/mol. The van der Waals surface area contributed by atoms with Crippen molar-refractivity contribution >= 4 is 16.8 Å². The van der Waals surface area contributed by atoms with Gasteiger partial charge in [-0.15, -0.1) is 0 Å². The van der Waals surface area contributed by atoms with E-state index in [1.165, 1.54) is 36.8 Å². The van der Waals surface area contributed by atoms with E-state index in [-0.39, 0.29) is 5.78 Å². The smallest absolute Gasteiger partial charge is 0.156 e. The number of nitrogens with zero attached hydrogens (tertiary/aromatic N) is 1. The molecule has 1 aromatic carbocycles. The molecule has 2 aromatic rings. The number of nitrogens with one attached hydrogen (secondary N) is 1. The Hall–Kier alpha value is -1.90. The number of rotatable bonds is 6. The van der Waals surface area contributed by atoms with E-state index in [9.17, 15) is 4.79 Å². The summed E-state index contributed by atoms with van der Waals surface area (Å²) in [7, 11) is 0. The summed E-state index contributed by atoms with van der Waals surface area (Å²) in [6.07, 6.45) is 11.4. The van der Waals surface area contributed by atoms with Crippen LogP contribution in [0.25, 0.3) is 11.0 Å². The quantitative estimate of drug-likeness (QED) is 0.770. The van der Waals surface area contributed by atoms with Gasteiger partial charge >= 0.3 is 0 Å². The third kappa shape index (κ3) is 3.46. The maximum atomic E-state index is 12.1. The van der Waals surface area contributed by atoms with E-state index in [0.717, 1.165) is 23.9 Å². The van der Waals surface area contributed by atoms with Crippen molar-refractivity contribution in [2.24, 2.45) is 0 Å². The van der Waals surface area contributed by atoms with Crippen LogP contribution >= 0.6 is 0 Å². The van der Waals surface area contributed by atoms with Crippen molar-refractivity contribution in [2.75, 3.05) is 0 Å². The van der Waals surface area contributed by atoms with Crippen molar-refractivity contribution < 1.29 is 4.79 Å². The molecule has 1 aliphatic rings. The third-order valence-corrected chi connectivity index (χ3v) is 4.59. The molecule has 0 spiro atoms. The molecular formula is C19H24N2O. The van der Waals surface area contributed by atoms with Crippen molar-refractivity contribution in [2.45, 2.75) is 57.8 Å². The van der Waals surface area contributed by atoms with E-state index in [1.807, 2.05) is 6.08 Å². The topological polar surface area (TPSA) is 45.8 Å². The lowest BCUT2D eigenvalue weighted by Crippen LogP contribution is -2.13. The first-order valence-electron chi connectivity index (χ1n) is 8.41. The number of carbonyl (C=O) groups excluding carboxylic acids is 1. The van der Waals surface area contributed by atoms with Gasteiger partial charge in [-0.1, -0.05) is 37.8 Å². The van der Waals surface area contributed by atoms with Gasteiger partial charge in [0, 0.05) is 6.42 Å². The summed E-state index contributed by atoms with van der Waals surface area (Å²) in [4.78, 5) is 19.5. The molecule has 0 fully saturated rings. The summed E-state index contributed by atoms with van der Waals surface area (Å²) < 4.78 is 0. The predicted octanol–water partition coefficient (Wildman–Crippen LogP) is 4.91. The Balaban J connectivity index is 1.69. The number of benzene rings is 1. The number of fused-ring (bicyclic) bond motifs is 1. The van der Waals surface area contributed by atoms with Crippen LogP contribution in [0.2, 0.25) is 0 Å². The number of imidazole rings is 1. The number of H-pyrrole nitrogens is 1. The lowest BCUT2D eigenvalue weighted by Gasteiger charge is -2.22. The Morgan fingerprint density at radius 1 is 1.23 bits per heavy atom. The first-order valence-corrected chi connectivity index (χ1v) is 8.41. The summed E-state index contributed by atoms with van der Waals surface area (Å²) in [5.74, 6) is 0.601. The van der Waals surface area contributed by atoms with Gasteiger partial charge in [0.25, 0.3) is 0 Å². The van der Waals surface area contributed by atoms with Crippen molar-refractivity contribution in [3.63, 3.8) is 0 Å². The molecule has 0 aliphatic heterocycles.